The molecule has 6 nitrogen and oxygen atoms in total. The molecule has 0 fully saturated rings. The summed E-state index contributed by atoms with van der Waals surface area (Å²) in [7, 11) is 0. The smallest absolute Gasteiger partial charge is 0.261 e. The number of imide groups is 1. The Labute approximate surface area is 128 Å². The SMILES string of the molecule is CCCCCN1C(=O)c2ccc(On3cccn3)cc2C1=O. The van der Waals surface area contributed by atoms with E-state index in [4.69, 9.17) is 4.84 Å². The molecule has 1 aromatic heterocycles. The van der Waals surface area contributed by atoms with E-state index in [9.17, 15) is 9.59 Å². The average molecular weight is 299 g/mol. The Bertz CT molecular complexity index is 695. The van der Waals surface area contributed by atoms with E-state index in [0.717, 1.165) is 19.3 Å². The van der Waals surface area contributed by atoms with Crippen molar-refractivity contribution in [3.8, 4) is 5.75 Å². The molecular weight excluding hydrogens is 282 g/mol. The summed E-state index contributed by atoms with van der Waals surface area (Å²) in [6.07, 6.45) is 6.12. The molecule has 3 rings (SSSR count). The lowest BCUT2D eigenvalue weighted by Crippen LogP contribution is -2.30. The van der Waals surface area contributed by atoms with Crippen LogP contribution in [0.4, 0.5) is 0 Å². The highest BCUT2D eigenvalue weighted by Crippen LogP contribution is 2.27. The number of nitrogens with zero attached hydrogens (tertiary/aromatic N) is 3. The summed E-state index contributed by atoms with van der Waals surface area (Å²) in [6.45, 7) is 2.55. The Morgan fingerprint density at radius 3 is 2.68 bits per heavy atom. The van der Waals surface area contributed by atoms with Crippen molar-refractivity contribution in [2.24, 2.45) is 0 Å². The summed E-state index contributed by atoms with van der Waals surface area (Å²) >= 11 is 0. The molecule has 1 aliphatic rings. The van der Waals surface area contributed by atoms with E-state index >= 15 is 0 Å². The van der Waals surface area contributed by atoms with Gasteiger partial charge in [0.2, 0.25) is 0 Å². The molecule has 0 N–H and O–H groups in total. The van der Waals surface area contributed by atoms with Crippen LogP contribution in [-0.4, -0.2) is 33.2 Å². The van der Waals surface area contributed by atoms with Crippen molar-refractivity contribution < 1.29 is 14.4 Å². The summed E-state index contributed by atoms with van der Waals surface area (Å²) in [4.78, 5) is 32.8. The van der Waals surface area contributed by atoms with E-state index in [0.29, 0.717) is 23.4 Å². The number of rotatable bonds is 6. The van der Waals surface area contributed by atoms with E-state index < -0.39 is 0 Å². The lowest BCUT2D eigenvalue weighted by molar-refractivity contribution is 0.0651. The molecule has 0 aliphatic carbocycles. The standard InChI is InChI=1S/C16H17N3O3/c1-2-3-4-9-18-15(20)13-7-6-12(11-14(13)16(18)21)22-19-10-5-8-17-19/h5-8,10-11H,2-4,9H2,1H3. The van der Waals surface area contributed by atoms with E-state index in [1.165, 1.54) is 9.75 Å². The zero-order valence-electron chi connectivity index (χ0n) is 12.4. The maximum Gasteiger partial charge on any atom is 0.261 e. The van der Waals surface area contributed by atoms with Gasteiger partial charge >= 0.3 is 0 Å². The quantitative estimate of drug-likeness (QED) is 0.607. The van der Waals surface area contributed by atoms with E-state index in [2.05, 4.69) is 12.0 Å². The monoisotopic (exact) mass is 299 g/mol. The van der Waals surface area contributed by atoms with Gasteiger partial charge in [-0.3, -0.25) is 14.5 Å². The minimum atomic E-state index is -0.248. The average Bonchev–Trinajstić information content (AvgIpc) is 3.10. The Morgan fingerprint density at radius 1 is 1.14 bits per heavy atom. The highest BCUT2D eigenvalue weighted by Gasteiger charge is 2.35. The van der Waals surface area contributed by atoms with Crippen molar-refractivity contribution in [1.29, 1.82) is 0 Å². The van der Waals surface area contributed by atoms with Crippen LogP contribution in [0.1, 0.15) is 46.9 Å². The molecule has 0 radical (unpaired) electrons. The fourth-order valence-electron chi connectivity index (χ4n) is 2.47. The van der Waals surface area contributed by atoms with Crippen LogP contribution in [-0.2, 0) is 0 Å². The van der Waals surface area contributed by atoms with E-state index in [-0.39, 0.29) is 11.8 Å². The second-order valence-electron chi connectivity index (χ2n) is 5.18. The van der Waals surface area contributed by atoms with Gasteiger partial charge in [0.25, 0.3) is 11.8 Å². The van der Waals surface area contributed by atoms with Crippen LogP contribution in [0.15, 0.2) is 36.7 Å². The molecule has 0 saturated heterocycles. The van der Waals surface area contributed by atoms with Gasteiger partial charge in [0.15, 0.2) is 5.75 Å². The molecule has 1 aromatic carbocycles. The highest BCUT2D eigenvalue weighted by atomic mass is 16.7. The first-order valence-electron chi connectivity index (χ1n) is 7.39. The van der Waals surface area contributed by atoms with E-state index in [1.54, 1.807) is 36.7 Å². The first-order valence-corrected chi connectivity index (χ1v) is 7.39. The number of aromatic nitrogens is 2. The topological polar surface area (TPSA) is 64.4 Å². The van der Waals surface area contributed by atoms with Crippen molar-refractivity contribution in [1.82, 2.24) is 14.8 Å². The predicted molar refractivity (Wildman–Crippen MR) is 79.6 cm³/mol. The Hall–Kier alpha value is -2.63. The molecule has 0 saturated carbocycles. The maximum absolute atomic E-state index is 12.4. The first-order chi connectivity index (χ1) is 10.7. The fourth-order valence-corrected chi connectivity index (χ4v) is 2.47. The van der Waals surface area contributed by atoms with Crippen LogP contribution in [0.5, 0.6) is 5.75 Å². The van der Waals surface area contributed by atoms with Gasteiger partial charge in [-0.05, 0) is 30.7 Å². The molecule has 2 heterocycles. The van der Waals surface area contributed by atoms with Gasteiger partial charge in [-0.2, -0.15) is 0 Å². The van der Waals surface area contributed by atoms with Crippen LogP contribution in [0.3, 0.4) is 0 Å². The fraction of sp³-hybridized carbons (Fsp3) is 0.312. The minimum Gasteiger partial charge on any atom is -0.358 e. The van der Waals surface area contributed by atoms with Gasteiger partial charge in [0.05, 0.1) is 23.5 Å². The highest BCUT2D eigenvalue weighted by molar-refractivity contribution is 6.21. The molecule has 1 aliphatic heterocycles. The lowest BCUT2D eigenvalue weighted by Gasteiger charge is -2.12. The van der Waals surface area contributed by atoms with Crippen molar-refractivity contribution in [3.05, 3.63) is 47.8 Å². The van der Waals surface area contributed by atoms with Crippen LogP contribution in [0, 0.1) is 0 Å². The summed E-state index contributed by atoms with van der Waals surface area (Å²) in [6, 6.07) is 6.63. The second-order valence-corrected chi connectivity index (χ2v) is 5.18. The summed E-state index contributed by atoms with van der Waals surface area (Å²) in [5.41, 5.74) is 0.834. The maximum atomic E-state index is 12.4. The molecule has 0 unspecified atom stereocenters. The van der Waals surface area contributed by atoms with Gasteiger partial charge in [0.1, 0.15) is 0 Å². The van der Waals surface area contributed by atoms with E-state index in [1.807, 2.05) is 0 Å². The largest absolute Gasteiger partial charge is 0.358 e. The number of fused-ring (bicyclic) bond motifs is 1. The molecule has 0 atom stereocenters. The molecule has 6 heteroatoms. The Morgan fingerprint density at radius 2 is 1.95 bits per heavy atom. The van der Waals surface area contributed by atoms with Crippen LogP contribution >= 0.6 is 0 Å². The molecule has 0 bridgehead atoms. The first kappa shape index (κ1) is 14.3. The molecule has 2 amide bonds. The third kappa shape index (κ3) is 2.59. The van der Waals surface area contributed by atoms with Crippen molar-refractivity contribution in [3.63, 3.8) is 0 Å². The molecule has 22 heavy (non-hydrogen) atoms. The van der Waals surface area contributed by atoms with Crippen LogP contribution < -0.4 is 4.84 Å². The number of hydrogen-bond donors (Lipinski definition) is 0. The van der Waals surface area contributed by atoms with Crippen molar-refractivity contribution in [2.45, 2.75) is 26.2 Å². The Balaban J connectivity index is 1.79. The lowest BCUT2D eigenvalue weighted by atomic mass is 10.1. The van der Waals surface area contributed by atoms with Crippen LogP contribution in [0.2, 0.25) is 0 Å². The number of carbonyl (C=O) groups is 2. The molecule has 0 spiro atoms. The molecular formula is C16H17N3O3. The summed E-state index contributed by atoms with van der Waals surface area (Å²) < 4.78 is 0. The van der Waals surface area contributed by atoms with Gasteiger partial charge in [-0.1, -0.05) is 19.8 Å². The van der Waals surface area contributed by atoms with Crippen LogP contribution in [0.25, 0.3) is 0 Å². The number of benzene rings is 1. The minimum absolute atomic E-state index is 0.221. The second kappa shape index (κ2) is 6.01. The van der Waals surface area contributed by atoms with Crippen molar-refractivity contribution >= 4 is 11.8 Å². The number of unbranched alkanes of at least 4 members (excludes halogenated alkanes) is 2. The number of amides is 2. The zero-order valence-corrected chi connectivity index (χ0v) is 12.4. The third-order valence-corrected chi connectivity index (χ3v) is 3.61. The Kier molecular flexibility index (Phi) is 3.91. The van der Waals surface area contributed by atoms with Gasteiger partial charge in [-0.15, -0.1) is 9.94 Å². The van der Waals surface area contributed by atoms with Gasteiger partial charge in [0, 0.05) is 6.54 Å². The normalized spacial score (nSPS) is 13.6. The van der Waals surface area contributed by atoms with Gasteiger partial charge < -0.3 is 4.84 Å². The number of carbonyl (C=O) groups excluding carboxylic acids is 2. The number of hydrogen-bond acceptors (Lipinski definition) is 4. The zero-order chi connectivity index (χ0) is 15.5. The molecule has 2 aromatic rings. The third-order valence-electron chi connectivity index (χ3n) is 3.61. The van der Waals surface area contributed by atoms with Crippen molar-refractivity contribution in [2.75, 3.05) is 6.54 Å². The summed E-state index contributed by atoms with van der Waals surface area (Å²) in [5.74, 6) is 0.00256. The van der Waals surface area contributed by atoms with Gasteiger partial charge in [-0.25, -0.2) is 0 Å². The molecule has 114 valence electrons. The predicted octanol–water partition coefficient (Wildman–Crippen LogP) is 2.51. The summed E-state index contributed by atoms with van der Waals surface area (Å²) in [5, 5.41) is 3.94.